The molecule has 5 aliphatic rings. The van der Waals surface area contributed by atoms with E-state index in [0.717, 1.165) is 48.1 Å². The van der Waals surface area contributed by atoms with Gasteiger partial charge in [0.1, 0.15) is 5.41 Å². The molecule has 1 aliphatic heterocycles. The molecule has 224 valence electrons. The molecule has 42 heavy (non-hydrogen) atoms. The van der Waals surface area contributed by atoms with Crippen LogP contribution >= 0.6 is 0 Å². The van der Waals surface area contributed by atoms with Crippen molar-refractivity contribution in [2.75, 3.05) is 26.8 Å². The summed E-state index contributed by atoms with van der Waals surface area (Å²) in [5.74, 6) is 1.84. The van der Waals surface area contributed by atoms with Crippen LogP contribution in [0.2, 0.25) is 0 Å². The highest BCUT2D eigenvalue weighted by atomic mass is 16.6. The van der Waals surface area contributed by atoms with Crippen molar-refractivity contribution >= 4 is 17.5 Å². The van der Waals surface area contributed by atoms with E-state index >= 15 is 0 Å². The van der Waals surface area contributed by atoms with Gasteiger partial charge in [-0.25, -0.2) is 0 Å². The minimum atomic E-state index is -1.28. The number of nitrogens with zero attached hydrogens (tertiary/aromatic N) is 2. The van der Waals surface area contributed by atoms with Gasteiger partial charge < -0.3 is 20.1 Å². The molecule has 9 nitrogen and oxygen atoms in total. The summed E-state index contributed by atoms with van der Waals surface area (Å²) >= 11 is 0. The Balaban J connectivity index is 1.44. The number of hydrogen-bond acceptors (Lipinski definition) is 6. The summed E-state index contributed by atoms with van der Waals surface area (Å²) in [5, 5.41) is 24.3. The monoisotopic (exact) mass is 575 g/mol. The van der Waals surface area contributed by atoms with Gasteiger partial charge in [0.2, 0.25) is 11.8 Å². The maximum Gasteiger partial charge on any atom is 0.269 e. The van der Waals surface area contributed by atoms with Crippen molar-refractivity contribution in [2.45, 2.75) is 69.4 Å². The van der Waals surface area contributed by atoms with Crippen molar-refractivity contribution in [3.8, 4) is 0 Å². The molecule has 2 atom stereocenters. The van der Waals surface area contributed by atoms with E-state index in [0.29, 0.717) is 31.7 Å². The first-order valence-corrected chi connectivity index (χ1v) is 15.3. The van der Waals surface area contributed by atoms with Crippen LogP contribution in [0.4, 0.5) is 5.69 Å². The molecule has 7 rings (SSSR count). The van der Waals surface area contributed by atoms with Crippen LogP contribution in [0.5, 0.6) is 0 Å². The molecule has 0 spiro atoms. The first kappa shape index (κ1) is 28.8. The molecule has 1 saturated heterocycles. The zero-order chi connectivity index (χ0) is 29.5. The highest BCUT2D eigenvalue weighted by Gasteiger charge is 2.60. The number of aliphatic hydroxyl groups is 1. The van der Waals surface area contributed by atoms with Gasteiger partial charge in [-0.1, -0.05) is 36.4 Å². The Morgan fingerprint density at radius 1 is 1.05 bits per heavy atom. The standard InChI is InChI=1S/C33H41N3O6/c1-42-12-2-11-34-31(39)33(27-7-9-28(10-8-27)36(40)41)19-29(38)35(30(33)26-5-3-22(20-37)4-6-26)21-32-16-23-13-24(17-32)15-25(14-23)18-32/h3-10,23-25,30,37H,2,11-21H2,1H3,(H,34,39)/t23?,24?,25?,30-,32?,33-/m1/s1. The first-order valence-electron chi connectivity index (χ1n) is 15.3. The lowest BCUT2D eigenvalue weighted by atomic mass is 9.49. The van der Waals surface area contributed by atoms with Crippen molar-refractivity contribution < 1.29 is 24.4 Å². The van der Waals surface area contributed by atoms with Crippen LogP contribution in [0.25, 0.3) is 0 Å². The minimum absolute atomic E-state index is 0.0142. The lowest BCUT2D eigenvalue weighted by Crippen LogP contribution is -2.53. The summed E-state index contributed by atoms with van der Waals surface area (Å²) in [6.07, 6.45) is 7.91. The van der Waals surface area contributed by atoms with Gasteiger partial charge in [0, 0.05) is 45.4 Å². The Morgan fingerprint density at radius 3 is 2.21 bits per heavy atom. The number of likely N-dealkylation sites (tertiary alicyclic amines) is 1. The molecule has 4 bridgehead atoms. The van der Waals surface area contributed by atoms with E-state index in [2.05, 4.69) is 5.32 Å². The maximum atomic E-state index is 14.4. The number of nitro groups is 1. The molecule has 2 N–H and O–H groups in total. The van der Waals surface area contributed by atoms with Crippen molar-refractivity contribution in [1.29, 1.82) is 0 Å². The second kappa shape index (κ2) is 11.4. The molecule has 5 fully saturated rings. The van der Waals surface area contributed by atoms with Gasteiger partial charge in [0.25, 0.3) is 5.69 Å². The van der Waals surface area contributed by atoms with E-state index in [9.17, 15) is 24.8 Å². The summed E-state index contributed by atoms with van der Waals surface area (Å²) < 4.78 is 5.18. The Kier molecular flexibility index (Phi) is 7.83. The molecule has 4 aliphatic carbocycles. The van der Waals surface area contributed by atoms with Crippen LogP contribution in [0.15, 0.2) is 48.5 Å². The highest BCUT2D eigenvalue weighted by Crippen LogP contribution is 2.62. The van der Waals surface area contributed by atoms with E-state index in [4.69, 9.17) is 4.74 Å². The summed E-state index contributed by atoms with van der Waals surface area (Å²) in [4.78, 5) is 41.6. The summed E-state index contributed by atoms with van der Waals surface area (Å²) in [5.41, 5.74) is 0.896. The van der Waals surface area contributed by atoms with E-state index in [1.165, 1.54) is 31.4 Å². The summed E-state index contributed by atoms with van der Waals surface area (Å²) in [7, 11) is 1.62. The van der Waals surface area contributed by atoms with E-state index in [1.807, 2.05) is 29.2 Å². The molecule has 2 amide bonds. The second-order valence-electron chi connectivity index (χ2n) is 13.3. The number of carbonyl (C=O) groups is 2. The Bertz CT molecular complexity index is 1290. The molecule has 0 aromatic heterocycles. The van der Waals surface area contributed by atoms with Gasteiger partial charge in [0.15, 0.2) is 0 Å². The third-order valence-corrected chi connectivity index (χ3v) is 10.5. The number of nitro benzene ring substituents is 1. The molecule has 9 heteroatoms. The second-order valence-corrected chi connectivity index (χ2v) is 13.3. The minimum Gasteiger partial charge on any atom is -0.392 e. The van der Waals surface area contributed by atoms with Crippen LogP contribution in [0.1, 0.15) is 74.1 Å². The Hall–Kier alpha value is -3.30. The number of benzene rings is 2. The normalized spacial score (nSPS) is 31.5. The predicted octanol–water partition coefficient (Wildman–Crippen LogP) is 4.67. The number of ether oxygens (including phenoxy) is 1. The maximum absolute atomic E-state index is 14.4. The number of nitrogens with one attached hydrogen (secondary N) is 1. The van der Waals surface area contributed by atoms with Crippen LogP contribution in [0, 0.1) is 33.3 Å². The highest BCUT2D eigenvalue weighted by molar-refractivity contribution is 5.98. The average Bonchev–Trinajstić information content (AvgIpc) is 3.26. The van der Waals surface area contributed by atoms with Crippen molar-refractivity contribution in [3.63, 3.8) is 0 Å². The molecule has 2 aromatic rings. The smallest absolute Gasteiger partial charge is 0.269 e. The topological polar surface area (TPSA) is 122 Å². The van der Waals surface area contributed by atoms with Crippen LogP contribution in [0.3, 0.4) is 0 Å². The molecule has 2 aromatic carbocycles. The average molecular weight is 576 g/mol. The van der Waals surface area contributed by atoms with Gasteiger partial charge in [-0.2, -0.15) is 0 Å². The number of hydrogen-bond donors (Lipinski definition) is 2. The quantitative estimate of drug-likeness (QED) is 0.228. The van der Waals surface area contributed by atoms with Crippen molar-refractivity contribution in [2.24, 2.45) is 23.2 Å². The lowest BCUT2D eigenvalue weighted by Gasteiger charge is -2.58. The fourth-order valence-corrected chi connectivity index (χ4v) is 9.19. The molecular weight excluding hydrogens is 534 g/mol. The van der Waals surface area contributed by atoms with Crippen LogP contribution in [-0.2, 0) is 26.3 Å². The van der Waals surface area contributed by atoms with E-state index in [1.54, 1.807) is 19.2 Å². The number of non-ortho nitro benzene ring substituents is 1. The number of aliphatic hydroxyl groups excluding tert-OH is 1. The largest absolute Gasteiger partial charge is 0.392 e. The molecule has 1 heterocycles. The zero-order valence-corrected chi connectivity index (χ0v) is 24.3. The van der Waals surface area contributed by atoms with Gasteiger partial charge in [0.05, 0.1) is 17.6 Å². The van der Waals surface area contributed by atoms with Gasteiger partial charge in [-0.3, -0.25) is 19.7 Å². The fourth-order valence-electron chi connectivity index (χ4n) is 9.19. The van der Waals surface area contributed by atoms with E-state index in [-0.39, 0.29) is 35.9 Å². The van der Waals surface area contributed by atoms with Crippen LogP contribution in [-0.4, -0.2) is 53.6 Å². The predicted molar refractivity (Wildman–Crippen MR) is 156 cm³/mol. The third-order valence-electron chi connectivity index (χ3n) is 10.5. The fraction of sp³-hybridized carbons (Fsp3) is 0.576. The van der Waals surface area contributed by atoms with Gasteiger partial charge in [-0.05, 0) is 84.8 Å². The molecular formula is C33H41N3O6. The van der Waals surface area contributed by atoms with Gasteiger partial charge >= 0.3 is 0 Å². The third kappa shape index (κ3) is 5.11. The number of amides is 2. The SMILES string of the molecule is COCCCNC(=O)[C@@]1(c2ccc([N+](=O)[O-])cc2)CC(=O)N(CC23CC4CC(CC(C4)C2)C3)[C@@H]1c1ccc(CO)cc1. The van der Waals surface area contributed by atoms with Crippen LogP contribution < -0.4 is 5.32 Å². The van der Waals surface area contributed by atoms with Gasteiger partial charge in [-0.15, -0.1) is 0 Å². The molecule has 0 unspecified atom stereocenters. The number of carbonyl (C=O) groups excluding carboxylic acids is 2. The summed E-state index contributed by atoms with van der Waals surface area (Å²) in [6.45, 7) is 1.40. The lowest BCUT2D eigenvalue weighted by molar-refractivity contribution is -0.384. The van der Waals surface area contributed by atoms with E-state index < -0.39 is 16.4 Å². The van der Waals surface area contributed by atoms with Crippen molar-refractivity contribution in [1.82, 2.24) is 10.2 Å². The first-order chi connectivity index (χ1) is 20.3. The Morgan fingerprint density at radius 2 is 1.67 bits per heavy atom. The Labute approximate surface area is 246 Å². The summed E-state index contributed by atoms with van der Waals surface area (Å²) in [6, 6.07) is 13.1. The van der Waals surface area contributed by atoms with Crippen molar-refractivity contribution in [3.05, 3.63) is 75.3 Å². The number of methoxy groups -OCH3 is 1. The number of rotatable bonds is 11. The zero-order valence-electron chi connectivity index (χ0n) is 24.3. The molecule has 4 saturated carbocycles. The molecule has 0 radical (unpaired) electrons.